The maximum Gasteiger partial charge on any atom is 0.228 e. The van der Waals surface area contributed by atoms with Crippen molar-refractivity contribution in [2.45, 2.75) is 57.4 Å². The molecular formula is C24H33FN2O. The largest absolute Gasteiger partial charge is 0.341 e. The summed E-state index contributed by atoms with van der Waals surface area (Å²) in [6, 6.07) is 7.39. The molecule has 1 aliphatic heterocycles. The van der Waals surface area contributed by atoms with E-state index in [9.17, 15) is 9.18 Å². The predicted octanol–water partition coefficient (Wildman–Crippen LogP) is 4.12. The lowest BCUT2D eigenvalue weighted by Gasteiger charge is -2.56. The van der Waals surface area contributed by atoms with Gasteiger partial charge in [0, 0.05) is 32.7 Å². The standard InChI is InChI=1S/C24H33FN2O/c1-26(23(28)24-13-17-10-18(14-24)12-19(11-17)15-24)21-7-9-27(16-21)8-6-20-4-2-3-5-22(20)25/h2-5,17-19,21H,6-16H2,1H3/t17?,18?,19?,21-,24?/m0/s1. The fourth-order valence-electron chi connectivity index (χ4n) is 7.22. The summed E-state index contributed by atoms with van der Waals surface area (Å²) in [5, 5.41) is 0. The Morgan fingerprint density at radius 1 is 1.14 bits per heavy atom. The topological polar surface area (TPSA) is 23.6 Å². The minimum absolute atomic E-state index is 0.0376. The highest BCUT2D eigenvalue weighted by Crippen LogP contribution is 2.60. The van der Waals surface area contributed by atoms with Crippen LogP contribution < -0.4 is 0 Å². The molecular weight excluding hydrogens is 351 g/mol. The number of halogens is 1. The number of nitrogens with zero attached hydrogens (tertiary/aromatic N) is 2. The zero-order chi connectivity index (χ0) is 19.3. The summed E-state index contributed by atoms with van der Waals surface area (Å²) in [6.45, 7) is 2.82. The van der Waals surface area contributed by atoms with Gasteiger partial charge in [0.05, 0.1) is 5.41 Å². The summed E-state index contributed by atoms with van der Waals surface area (Å²) in [6.07, 6.45) is 9.36. The van der Waals surface area contributed by atoms with Crippen LogP contribution in [0.5, 0.6) is 0 Å². The first-order chi connectivity index (χ1) is 13.5. The molecule has 0 spiro atoms. The molecule has 4 bridgehead atoms. The molecule has 0 aromatic heterocycles. The van der Waals surface area contributed by atoms with Crippen molar-refractivity contribution < 1.29 is 9.18 Å². The SMILES string of the molecule is CN(C(=O)C12CC3CC(CC(C3)C1)C2)[C@H]1CCN(CCc2ccccc2F)C1. The number of carbonyl (C=O) groups excluding carboxylic acids is 1. The molecule has 1 heterocycles. The van der Waals surface area contributed by atoms with E-state index >= 15 is 0 Å². The number of amides is 1. The minimum atomic E-state index is -0.104. The molecule has 4 heteroatoms. The lowest BCUT2D eigenvalue weighted by Crippen LogP contribution is -2.55. The summed E-state index contributed by atoms with van der Waals surface area (Å²) in [7, 11) is 2.05. The zero-order valence-electron chi connectivity index (χ0n) is 17.1. The number of likely N-dealkylation sites (tertiary alicyclic amines) is 1. The molecule has 6 rings (SSSR count). The van der Waals surface area contributed by atoms with Crippen molar-refractivity contribution in [3.05, 3.63) is 35.6 Å². The van der Waals surface area contributed by atoms with Crippen molar-refractivity contribution in [2.75, 3.05) is 26.7 Å². The third-order valence-electron chi connectivity index (χ3n) is 8.26. The third kappa shape index (κ3) is 3.28. The Labute approximate surface area is 168 Å². The molecule has 152 valence electrons. The van der Waals surface area contributed by atoms with E-state index in [4.69, 9.17) is 0 Å². The van der Waals surface area contributed by atoms with Crippen molar-refractivity contribution in [1.29, 1.82) is 0 Å². The van der Waals surface area contributed by atoms with Crippen LogP contribution in [0.25, 0.3) is 0 Å². The van der Waals surface area contributed by atoms with Gasteiger partial charge in [0.25, 0.3) is 0 Å². The molecule has 4 saturated carbocycles. The van der Waals surface area contributed by atoms with E-state index in [2.05, 4.69) is 9.80 Å². The average molecular weight is 385 g/mol. The fraction of sp³-hybridized carbons (Fsp3) is 0.708. The van der Waals surface area contributed by atoms with Crippen LogP contribution in [-0.2, 0) is 11.2 Å². The highest BCUT2D eigenvalue weighted by molar-refractivity contribution is 5.83. The highest BCUT2D eigenvalue weighted by Gasteiger charge is 2.55. The lowest BCUT2D eigenvalue weighted by atomic mass is 9.49. The number of rotatable bonds is 5. The number of carbonyl (C=O) groups is 1. The monoisotopic (exact) mass is 384 g/mol. The molecule has 1 amide bonds. The van der Waals surface area contributed by atoms with Gasteiger partial charge in [-0.25, -0.2) is 4.39 Å². The van der Waals surface area contributed by atoms with Crippen molar-refractivity contribution in [3.63, 3.8) is 0 Å². The van der Waals surface area contributed by atoms with Crippen molar-refractivity contribution >= 4 is 5.91 Å². The van der Waals surface area contributed by atoms with Crippen LogP contribution in [0.2, 0.25) is 0 Å². The Hall–Kier alpha value is -1.42. The molecule has 4 aliphatic carbocycles. The van der Waals surface area contributed by atoms with Crippen LogP contribution in [0, 0.1) is 29.0 Å². The van der Waals surface area contributed by atoms with E-state index in [1.165, 1.54) is 19.3 Å². The lowest BCUT2D eigenvalue weighted by molar-refractivity contribution is -0.158. The molecule has 0 radical (unpaired) electrons. The number of hydrogen-bond donors (Lipinski definition) is 0. The summed E-state index contributed by atoms with van der Waals surface area (Å²) in [5.74, 6) is 2.76. The Kier molecular flexibility index (Phi) is 4.73. The van der Waals surface area contributed by atoms with Gasteiger partial charge in [0.2, 0.25) is 5.91 Å². The van der Waals surface area contributed by atoms with Crippen molar-refractivity contribution in [1.82, 2.24) is 9.80 Å². The second-order valence-electron chi connectivity index (χ2n) is 10.2. The fourth-order valence-corrected chi connectivity index (χ4v) is 7.22. The van der Waals surface area contributed by atoms with Crippen molar-refractivity contribution in [3.8, 4) is 0 Å². The van der Waals surface area contributed by atoms with Gasteiger partial charge in [-0.05, 0) is 80.8 Å². The van der Waals surface area contributed by atoms with Gasteiger partial charge in [-0.2, -0.15) is 0 Å². The number of likely N-dealkylation sites (N-methyl/N-ethyl adjacent to an activating group) is 1. The second-order valence-corrected chi connectivity index (χ2v) is 10.2. The summed E-state index contributed by atoms with van der Waals surface area (Å²) in [5.41, 5.74) is 0.758. The maximum atomic E-state index is 13.9. The van der Waals surface area contributed by atoms with Crippen molar-refractivity contribution in [2.24, 2.45) is 23.2 Å². The quantitative estimate of drug-likeness (QED) is 0.762. The first-order valence-electron chi connectivity index (χ1n) is 11.3. The normalized spacial score (nSPS) is 36.8. The first kappa shape index (κ1) is 18.6. The second kappa shape index (κ2) is 7.12. The number of hydrogen-bond acceptors (Lipinski definition) is 2. The van der Waals surface area contributed by atoms with Gasteiger partial charge in [-0.15, -0.1) is 0 Å². The minimum Gasteiger partial charge on any atom is -0.341 e. The van der Waals surface area contributed by atoms with Crippen LogP contribution >= 0.6 is 0 Å². The Bertz CT molecular complexity index is 713. The molecule has 1 saturated heterocycles. The van der Waals surface area contributed by atoms with E-state index in [1.807, 2.05) is 19.2 Å². The number of benzene rings is 1. The van der Waals surface area contributed by atoms with Crippen LogP contribution in [0.3, 0.4) is 0 Å². The molecule has 28 heavy (non-hydrogen) atoms. The molecule has 0 N–H and O–H groups in total. The molecule has 5 fully saturated rings. The average Bonchev–Trinajstić information content (AvgIpc) is 3.14. The molecule has 1 aromatic carbocycles. The van der Waals surface area contributed by atoms with Gasteiger partial charge < -0.3 is 9.80 Å². The van der Waals surface area contributed by atoms with Crippen LogP contribution in [0.4, 0.5) is 4.39 Å². The van der Waals surface area contributed by atoms with Crippen LogP contribution in [0.15, 0.2) is 24.3 Å². The maximum absolute atomic E-state index is 13.9. The summed E-state index contributed by atoms with van der Waals surface area (Å²) < 4.78 is 13.9. The van der Waals surface area contributed by atoms with E-state index in [0.29, 0.717) is 11.9 Å². The van der Waals surface area contributed by atoms with Gasteiger partial charge in [0.1, 0.15) is 5.82 Å². The molecule has 1 atom stereocenters. The first-order valence-corrected chi connectivity index (χ1v) is 11.3. The van der Waals surface area contributed by atoms with Gasteiger partial charge >= 0.3 is 0 Å². The van der Waals surface area contributed by atoms with E-state index in [1.54, 1.807) is 12.1 Å². The zero-order valence-corrected chi connectivity index (χ0v) is 17.1. The Balaban J connectivity index is 1.19. The summed E-state index contributed by atoms with van der Waals surface area (Å²) >= 11 is 0. The Morgan fingerprint density at radius 2 is 1.79 bits per heavy atom. The van der Waals surface area contributed by atoms with Crippen LogP contribution in [0.1, 0.15) is 50.5 Å². The van der Waals surface area contributed by atoms with E-state index in [-0.39, 0.29) is 11.2 Å². The third-order valence-corrected chi connectivity index (χ3v) is 8.26. The Morgan fingerprint density at radius 3 is 2.43 bits per heavy atom. The molecule has 3 nitrogen and oxygen atoms in total. The summed E-state index contributed by atoms with van der Waals surface area (Å²) in [4.78, 5) is 18.1. The predicted molar refractivity (Wildman–Crippen MR) is 108 cm³/mol. The van der Waals surface area contributed by atoms with Gasteiger partial charge in [-0.1, -0.05) is 18.2 Å². The van der Waals surface area contributed by atoms with E-state index < -0.39 is 0 Å². The smallest absolute Gasteiger partial charge is 0.228 e. The molecule has 1 aromatic rings. The van der Waals surface area contributed by atoms with Gasteiger partial charge in [-0.3, -0.25) is 4.79 Å². The highest BCUT2D eigenvalue weighted by atomic mass is 19.1. The van der Waals surface area contributed by atoms with Gasteiger partial charge in [0.15, 0.2) is 0 Å². The van der Waals surface area contributed by atoms with E-state index in [0.717, 1.165) is 75.1 Å². The molecule has 5 aliphatic rings. The van der Waals surface area contributed by atoms with Crippen LogP contribution in [-0.4, -0.2) is 48.4 Å². The molecule has 0 unspecified atom stereocenters.